The molecule has 98 valence electrons. The maximum Gasteiger partial charge on any atom is 0.291 e. The molecule has 0 spiro atoms. The molecule has 0 radical (unpaired) electrons. The molecule has 2 N–H and O–H groups in total. The van der Waals surface area contributed by atoms with Crippen molar-refractivity contribution in [1.29, 1.82) is 0 Å². The Balaban J connectivity index is 1.78. The van der Waals surface area contributed by atoms with Gasteiger partial charge < -0.3 is 15.1 Å². The number of fused-ring (bicyclic) bond motifs is 1. The zero-order chi connectivity index (χ0) is 13.2. The number of amides is 1. The first-order valence-electron chi connectivity index (χ1n) is 6.47. The van der Waals surface area contributed by atoms with E-state index in [1.54, 1.807) is 12.1 Å². The van der Waals surface area contributed by atoms with Crippen LogP contribution in [-0.2, 0) is 6.42 Å². The molecule has 1 aliphatic rings. The van der Waals surface area contributed by atoms with Gasteiger partial charge in [-0.1, -0.05) is 0 Å². The topological polar surface area (TPSA) is 54.3 Å². The summed E-state index contributed by atoms with van der Waals surface area (Å²) in [7, 11) is 0. The van der Waals surface area contributed by atoms with Crippen molar-refractivity contribution in [2.75, 3.05) is 17.2 Å². The molecular weight excluding hydrogens is 240 g/mol. The first-order chi connectivity index (χ1) is 9.22. The molecule has 2 aromatic rings. The minimum atomic E-state index is -0.211. The predicted molar refractivity (Wildman–Crippen MR) is 74.7 cm³/mol. The fourth-order valence-electron chi connectivity index (χ4n) is 2.30. The van der Waals surface area contributed by atoms with Crippen LogP contribution in [-0.4, -0.2) is 12.5 Å². The lowest BCUT2D eigenvalue weighted by atomic mass is 10.0. The van der Waals surface area contributed by atoms with Crippen LogP contribution in [0.3, 0.4) is 0 Å². The lowest BCUT2D eigenvalue weighted by molar-refractivity contribution is 0.0995. The summed E-state index contributed by atoms with van der Waals surface area (Å²) in [5.41, 5.74) is 3.22. The number of carbonyl (C=O) groups is 1. The highest BCUT2D eigenvalue weighted by Crippen LogP contribution is 2.25. The summed E-state index contributed by atoms with van der Waals surface area (Å²) in [6.45, 7) is 2.84. The Hall–Kier alpha value is -2.23. The lowest BCUT2D eigenvalue weighted by Gasteiger charge is -2.18. The predicted octanol–water partition coefficient (Wildman–Crippen LogP) is 3.20. The molecule has 4 heteroatoms. The molecule has 0 fully saturated rings. The van der Waals surface area contributed by atoms with E-state index in [9.17, 15) is 4.79 Å². The Morgan fingerprint density at radius 1 is 1.32 bits per heavy atom. The van der Waals surface area contributed by atoms with E-state index in [0.29, 0.717) is 5.76 Å². The highest BCUT2D eigenvalue weighted by molar-refractivity contribution is 6.02. The second-order valence-corrected chi connectivity index (χ2v) is 4.77. The van der Waals surface area contributed by atoms with Crippen molar-refractivity contribution in [3.05, 3.63) is 47.4 Å². The molecule has 4 nitrogen and oxygen atoms in total. The van der Waals surface area contributed by atoms with Crippen LogP contribution in [0.1, 0.15) is 28.3 Å². The zero-order valence-corrected chi connectivity index (χ0v) is 10.8. The molecule has 1 aliphatic heterocycles. The maximum absolute atomic E-state index is 12.0. The van der Waals surface area contributed by atoms with E-state index in [4.69, 9.17) is 4.42 Å². The fraction of sp³-hybridized carbons (Fsp3) is 0.267. The second-order valence-electron chi connectivity index (χ2n) is 4.77. The van der Waals surface area contributed by atoms with Gasteiger partial charge in [-0.05, 0) is 55.7 Å². The van der Waals surface area contributed by atoms with Gasteiger partial charge in [-0.3, -0.25) is 4.79 Å². The molecule has 0 saturated heterocycles. The van der Waals surface area contributed by atoms with Crippen LogP contribution in [0.25, 0.3) is 0 Å². The first kappa shape index (κ1) is 11.8. The summed E-state index contributed by atoms with van der Waals surface area (Å²) in [6.07, 6.45) is 2.17. The van der Waals surface area contributed by atoms with Crippen molar-refractivity contribution in [3.63, 3.8) is 0 Å². The number of nitrogens with one attached hydrogen (secondary N) is 2. The van der Waals surface area contributed by atoms with Gasteiger partial charge >= 0.3 is 0 Å². The Morgan fingerprint density at radius 3 is 3.00 bits per heavy atom. The summed E-state index contributed by atoms with van der Waals surface area (Å²) in [6, 6.07) is 9.41. The molecule has 0 saturated carbocycles. The third-order valence-corrected chi connectivity index (χ3v) is 3.27. The summed E-state index contributed by atoms with van der Waals surface area (Å²) in [4.78, 5) is 12.0. The van der Waals surface area contributed by atoms with Crippen LogP contribution in [0.15, 0.2) is 34.7 Å². The van der Waals surface area contributed by atoms with Crippen molar-refractivity contribution < 1.29 is 9.21 Å². The number of furan rings is 1. The third-order valence-electron chi connectivity index (χ3n) is 3.27. The van der Waals surface area contributed by atoms with Crippen LogP contribution in [0.4, 0.5) is 11.4 Å². The average Bonchev–Trinajstić information content (AvgIpc) is 2.85. The largest absolute Gasteiger partial charge is 0.456 e. The van der Waals surface area contributed by atoms with E-state index < -0.39 is 0 Å². The Bertz CT molecular complexity index is 616. The number of rotatable bonds is 2. The number of carbonyl (C=O) groups excluding carboxylic acids is 1. The van der Waals surface area contributed by atoms with Crippen LogP contribution in [0.2, 0.25) is 0 Å². The van der Waals surface area contributed by atoms with Crippen molar-refractivity contribution in [2.45, 2.75) is 19.8 Å². The van der Waals surface area contributed by atoms with E-state index in [1.165, 1.54) is 5.56 Å². The summed E-state index contributed by atoms with van der Waals surface area (Å²) in [5.74, 6) is 0.866. The van der Waals surface area contributed by atoms with Crippen LogP contribution in [0, 0.1) is 6.92 Å². The molecule has 1 amide bonds. The van der Waals surface area contributed by atoms with Gasteiger partial charge in [0.25, 0.3) is 5.91 Å². The Morgan fingerprint density at radius 2 is 2.21 bits per heavy atom. The minimum absolute atomic E-state index is 0.211. The van der Waals surface area contributed by atoms with Crippen molar-refractivity contribution in [3.8, 4) is 0 Å². The second kappa shape index (κ2) is 4.80. The van der Waals surface area contributed by atoms with Crippen LogP contribution < -0.4 is 10.6 Å². The highest BCUT2D eigenvalue weighted by atomic mass is 16.3. The molecule has 0 unspecified atom stereocenters. The van der Waals surface area contributed by atoms with Gasteiger partial charge in [-0.2, -0.15) is 0 Å². The van der Waals surface area contributed by atoms with Crippen LogP contribution >= 0.6 is 0 Å². The zero-order valence-electron chi connectivity index (χ0n) is 10.8. The van der Waals surface area contributed by atoms with Crippen molar-refractivity contribution >= 4 is 17.3 Å². The van der Waals surface area contributed by atoms with Crippen molar-refractivity contribution in [2.24, 2.45) is 0 Å². The summed E-state index contributed by atoms with van der Waals surface area (Å²) in [5, 5.41) is 6.21. The van der Waals surface area contributed by atoms with E-state index in [-0.39, 0.29) is 5.91 Å². The SMILES string of the molecule is Cc1ccc(C(=O)Nc2ccc3c(c2)CCCN3)o1. The normalized spacial score (nSPS) is 13.5. The van der Waals surface area contributed by atoms with Gasteiger partial charge in [0, 0.05) is 17.9 Å². The van der Waals surface area contributed by atoms with Gasteiger partial charge in [0.1, 0.15) is 5.76 Å². The third kappa shape index (κ3) is 2.47. The molecular formula is C15H16N2O2. The number of benzene rings is 1. The summed E-state index contributed by atoms with van der Waals surface area (Å²) < 4.78 is 5.31. The van der Waals surface area contributed by atoms with E-state index in [2.05, 4.69) is 10.6 Å². The number of anilines is 2. The highest BCUT2D eigenvalue weighted by Gasteiger charge is 2.12. The summed E-state index contributed by atoms with van der Waals surface area (Å²) >= 11 is 0. The lowest BCUT2D eigenvalue weighted by Crippen LogP contribution is -2.14. The van der Waals surface area contributed by atoms with Crippen molar-refractivity contribution in [1.82, 2.24) is 0 Å². The molecule has 0 bridgehead atoms. The van der Waals surface area contributed by atoms with E-state index >= 15 is 0 Å². The van der Waals surface area contributed by atoms with Gasteiger partial charge in [0.15, 0.2) is 5.76 Å². The number of hydrogen-bond donors (Lipinski definition) is 2. The van der Waals surface area contributed by atoms with Gasteiger partial charge in [0.2, 0.25) is 0 Å². The van der Waals surface area contributed by atoms with E-state index in [0.717, 1.165) is 36.5 Å². The molecule has 0 aliphatic carbocycles. The van der Waals surface area contributed by atoms with Gasteiger partial charge in [-0.15, -0.1) is 0 Å². The van der Waals surface area contributed by atoms with Gasteiger partial charge in [-0.25, -0.2) is 0 Å². The standard InChI is InChI=1S/C15H16N2O2/c1-10-4-7-14(19-10)15(18)17-12-5-6-13-11(9-12)3-2-8-16-13/h4-7,9,16H,2-3,8H2,1H3,(H,17,18). The smallest absolute Gasteiger partial charge is 0.291 e. The quantitative estimate of drug-likeness (QED) is 0.867. The Labute approximate surface area is 111 Å². The van der Waals surface area contributed by atoms with Crippen LogP contribution in [0.5, 0.6) is 0 Å². The molecule has 0 atom stereocenters. The molecule has 2 heterocycles. The Kier molecular flexibility index (Phi) is 2.99. The number of hydrogen-bond acceptors (Lipinski definition) is 3. The maximum atomic E-state index is 12.0. The monoisotopic (exact) mass is 256 g/mol. The number of aryl methyl sites for hydroxylation is 2. The molecule has 3 rings (SSSR count). The van der Waals surface area contributed by atoms with E-state index in [1.807, 2.05) is 25.1 Å². The molecule has 1 aromatic carbocycles. The molecule has 1 aromatic heterocycles. The first-order valence-corrected chi connectivity index (χ1v) is 6.47. The minimum Gasteiger partial charge on any atom is -0.456 e. The average molecular weight is 256 g/mol. The molecule has 19 heavy (non-hydrogen) atoms. The fourth-order valence-corrected chi connectivity index (χ4v) is 2.30. The van der Waals surface area contributed by atoms with Gasteiger partial charge in [0.05, 0.1) is 0 Å².